The Morgan fingerprint density at radius 1 is 0.905 bits per heavy atom. The first-order valence-corrected chi connectivity index (χ1v) is 6.02. The summed E-state index contributed by atoms with van der Waals surface area (Å²) in [4.78, 5) is 41.4. The number of aliphatic carboxylic acids is 2. The molecule has 0 saturated heterocycles. The summed E-state index contributed by atoms with van der Waals surface area (Å²) >= 11 is 0. The van der Waals surface area contributed by atoms with E-state index in [1.54, 1.807) is 6.92 Å². The van der Waals surface area contributed by atoms with E-state index in [1.807, 2.05) is 0 Å². The van der Waals surface area contributed by atoms with Gasteiger partial charge in [-0.15, -0.1) is 0 Å². The van der Waals surface area contributed by atoms with E-state index in [4.69, 9.17) is 10.2 Å². The van der Waals surface area contributed by atoms with Crippen molar-refractivity contribution in [2.45, 2.75) is 34.1 Å². The van der Waals surface area contributed by atoms with Gasteiger partial charge in [-0.25, -0.2) is 0 Å². The summed E-state index contributed by atoms with van der Waals surface area (Å²) in [5.74, 6) is -3.40. The quantitative estimate of drug-likeness (QED) is 0.558. The van der Waals surface area contributed by atoms with Gasteiger partial charge in [0.05, 0.1) is 12.3 Å². The molecule has 2 atom stereocenters. The van der Waals surface area contributed by atoms with Crippen LogP contribution in [0, 0.1) is 11.8 Å². The Bertz CT molecular complexity index is 357. The van der Waals surface area contributed by atoms with E-state index in [9.17, 15) is 19.2 Å². The number of carbonyl (C=O) groups is 4. The van der Waals surface area contributed by atoms with Crippen LogP contribution >= 0.6 is 0 Å². The summed E-state index contributed by atoms with van der Waals surface area (Å²) in [5.41, 5.74) is 0. The topological polar surface area (TPSA) is 133 Å². The summed E-state index contributed by atoms with van der Waals surface area (Å²) in [6, 6.07) is 0. The van der Waals surface area contributed by atoms with Gasteiger partial charge in [0.15, 0.2) is 0 Å². The molecule has 0 aliphatic rings. The Kier molecular flexibility index (Phi) is 14.7. The lowest BCUT2D eigenvalue weighted by molar-refractivity contribution is -0.143. The van der Waals surface area contributed by atoms with Gasteiger partial charge in [0.2, 0.25) is 11.8 Å². The molecule has 8 heteroatoms. The lowest BCUT2D eigenvalue weighted by Gasteiger charge is -2.04. The average molecular weight is 306 g/mol. The van der Waals surface area contributed by atoms with Crippen molar-refractivity contribution < 1.29 is 29.4 Å². The Balaban J connectivity index is -0.000000295. The van der Waals surface area contributed by atoms with Crippen molar-refractivity contribution in [2.24, 2.45) is 11.8 Å². The van der Waals surface area contributed by atoms with Crippen LogP contribution in [-0.4, -0.2) is 48.1 Å². The number of carbonyl (C=O) groups excluding carboxylic acids is 2. The fourth-order valence-electron chi connectivity index (χ4n) is 1.07. The molecule has 2 unspecified atom stereocenters. The maximum atomic E-state index is 10.7. The highest BCUT2D eigenvalue weighted by molar-refractivity contribution is 5.82. The molecule has 124 valence electrons. The third-order valence-corrected chi connectivity index (χ3v) is 2.37. The molecule has 0 fully saturated rings. The lowest BCUT2D eigenvalue weighted by Crippen LogP contribution is -2.26. The van der Waals surface area contributed by atoms with Crippen molar-refractivity contribution >= 4 is 23.8 Å². The zero-order valence-electron chi connectivity index (χ0n) is 12.1. The van der Waals surface area contributed by atoms with Gasteiger partial charge in [0.1, 0.15) is 0 Å². The summed E-state index contributed by atoms with van der Waals surface area (Å²) in [6.45, 7) is 3.07. The highest BCUT2D eigenvalue weighted by Crippen LogP contribution is 2.00. The van der Waals surface area contributed by atoms with E-state index < -0.39 is 23.8 Å². The first kappa shape index (κ1) is 23.9. The molecule has 0 saturated carbocycles. The largest absolute Gasteiger partial charge is 0.481 e. The molecule has 8 nitrogen and oxygen atoms in total. The van der Waals surface area contributed by atoms with Gasteiger partial charge in [-0.3, -0.25) is 19.2 Å². The molecule has 2 amide bonds. The smallest absolute Gasteiger partial charge is 0.306 e. The summed E-state index contributed by atoms with van der Waals surface area (Å²) in [5, 5.41) is 21.3. The summed E-state index contributed by atoms with van der Waals surface area (Å²) in [6.07, 6.45) is -0.0640. The summed E-state index contributed by atoms with van der Waals surface area (Å²) < 4.78 is 0. The SMILES string of the molecule is C.CNC(=O)C(C)CC(=O)O.CNC(=O)CC(C)C(=O)O. The molecule has 21 heavy (non-hydrogen) atoms. The monoisotopic (exact) mass is 306 g/mol. The molecule has 0 aromatic heterocycles. The van der Waals surface area contributed by atoms with Gasteiger partial charge in [-0.05, 0) is 0 Å². The van der Waals surface area contributed by atoms with Crippen molar-refractivity contribution in [1.29, 1.82) is 0 Å². The van der Waals surface area contributed by atoms with E-state index in [0.717, 1.165) is 0 Å². The molecular formula is C13H26N2O6. The Labute approximate surface area is 124 Å². The first-order valence-electron chi connectivity index (χ1n) is 6.02. The van der Waals surface area contributed by atoms with Gasteiger partial charge >= 0.3 is 11.9 Å². The number of carboxylic acid groups (broad SMARTS) is 2. The van der Waals surface area contributed by atoms with Gasteiger partial charge in [0.25, 0.3) is 0 Å². The van der Waals surface area contributed by atoms with E-state index >= 15 is 0 Å². The van der Waals surface area contributed by atoms with Crippen LogP contribution in [0.5, 0.6) is 0 Å². The molecule has 0 aromatic carbocycles. The minimum Gasteiger partial charge on any atom is -0.481 e. The minimum atomic E-state index is -0.948. The Morgan fingerprint density at radius 3 is 1.67 bits per heavy atom. The number of carboxylic acids is 2. The van der Waals surface area contributed by atoms with Crippen molar-refractivity contribution in [1.82, 2.24) is 10.6 Å². The molecule has 0 bridgehead atoms. The fraction of sp³-hybridized carbons (Fsp3) is 0.692. The van der Waals surface area contributed by atoms with E-state index in [-0.39, 0.29) is 32.1 Å². The predicted octanol–water partition coefficient (Wildman–Crippen LogP) is 0.323. The predicted molar refractivity (Wildman–Crippen MR) is 77.7 cm³/mol. The molecule has 4 N–H and O–H groups in total. The van der Waals surface area contributed by atoms with Crippen LogP contribution in [0.1, 0.15) is 34.1 Å². The third-order valence-electron chi connectivity index (χ3n) is 2.37. The molecule has 0 aliphatic carbocycles. The fourth-order valence-corrected chi connectivity index (χ4v) is 1.07. The van der Waals surface area contributed by atoms with Crippen LogP contribution in [0.15, 0.2) is 0 Å². The van der Waals surface area contributed by atoms with E-state index in [0.29, 0.717) is 0 Å². The van der Waals surface area contributed by atoms with E-state index in [2.05, 4.69) is 10.6 Å². The molecule has 0 radical (unpaired) electrons. The maximum absolute atomic E-state index is 10.7. The number of rotatable bonds is 6. The van der Waals surface area contributed by atoms with Gasteiger partial charge in [-0.2, -0.15) is 0 Å². The second-order valence-corrected chi connectivity index (χ2v) is 4.23. The standard InChI is InChI=1S/2C6H11NO3.CH4/c1-4(3-5(8)9)6(10)7-2;1-4(6(9)10)3-5(8)7-2;/h4H,3H2,1-2H3,(H,7,10)(H,8,9);4H,3H2,1-2H3,(H,7,8)(H,9,10);1H4. The van der Waals surface area contributed by atoms with Crippen LogP contribution in [0.25, 0.3) is 0 Å². The number of hydrogen-bond acceptors (Lipinski definition) is 4. The number of nitrogens with one attached hydrogen (secondary N) is 2. The second-order valence-electron chi connectivity index (χ2n) is 4.23. The highest BCUT2D eigenvalue weighted by atomic mass is 16.4. The third kappa shape index (κ3) is 14.1. The van der Waals surface area contributed by atoms with Crippen LogP contribution in [-0.2, 0) is 19.2 Å². The first-order chi connectivity index (χ1) is 9.15. The van der Waals surface area contributed by atoms with Crippen molar-refractivity contribution in [3.05, 3.63) is 0 Å². The minimum absolute atomic E-state index is 0. The highest BCUT2D eigenvalue weighted by Gasteiger charge is 2.14. The van der Waals surface area contributed by atoms with Gasteiger partial charge in [-0.1, -0.05) is 21.3 Å². The zero-order valence-corrected chi connectivity index (χ0v) is 12.1. The van der Waals surface area contributed by atoms with Crippen molar-refractivity contribution in [3.8, 4) is 0 Å². The van der Waals surface area contributed by atoms with Crippen LogP contribution in [0.4, 0.5) is 0 Å². The molecule has 0 rings (SSSR count). The number of amides is 2. The number of hydrogen-bond donors (Lipinski definition) is 4. The lowest BCUT2D eigenvalue weighted by atomic mass is 10.1. The van der Waals surface area contributed by atoms with E-state index in [1.165, 1.54) is 21.0 Å². The van der Waals surface area contributed by atoms with Crippen LogP contribution in [0.2, 0.25) is 0 Å². The molecule has 0 aliphatic heterocycles. The maximum Gasteiger partial charge on any atom is 0.306 e. The normalized spacial score (nSPS) is 11.6. The summed E-state index contributed by atoms with van der Waals surface area (Å²) in [7, 11) is 2.97. The van der Waals surface area contributed by atoms with Gasteiger partial charge < -0.3 is 20.8 Å². The van der Waals surface area contributed by atoms with Gasteiger partial charge in [0, 0.05) is 26.4 Å². The van der Waals surface area contributed by atoms with Crippen molar-refractivity contribution in [3.63, 3.8) is 0 Å². The average Bonchev–Trinajstić information content (AvgIpc) is 2.37. The Hall–Kier alpha value is -2.12. The van der Waals surface area contributed by atoms with Crippen LogP contribution < -0.4 is 10.6 Å². The van der Waals surface area contributed by atoms with Crippen LogP contribution in [0.3, 0.4) is 0 Å². The molecule has 0 spiro atoms. The zero-order chi connectivity index (χ0) is 16.3. The second kappa shape index (κ2) is 12.9. The molecule has 0 aromatic rings. The molecular weight excluding hydrogens is 280 g/mol. The molecule has 0 heterocycles. The Morgan fingerprint density at radius 2 is 1.38 bits per heavy atom. The van der Waals surface area contributed by atoms with Crippen molar-refractivity contribution in [2.75, 3.05) is 14.1 Å².